The molecule has 0 radical (unpaired) electrons. The maximum absolute atomic E-state index is 14.0. The number of pyridine rings is 1. The summed E-state index contributed by atoms with van der Waals surface area (Å²) in [6.45, 7) is 0.161. The number of Topliss-reactive ketones (excluding diaryl/α,β-unsaturated/α-hetero) is 1. The molecule has 2 amide bonds. The van der Waals surface area contributed by atoms with Crippen molar-refractivity contribution < 1.29 is 27.9 Å². The van der Waals surface area contributed by atoms with E-state index in [9.17, 15) is 28.0 Å². The van der Waals surface area contributed by atoms with E-state index >= 15 is 0 Å². The molecule has 1 N–H and O–H groups in total. The maximum atomic E-state index is 14.0. The van der Waals surface area contributed by atoms with Gasteiger partial charge in [-0.2, -0.15) is 0 Å². The number of ketones is 1. The van der Waals surface area contributed by atoms with Gasteiger partial charge < -0.3 is 19.5 Å². The van der Waals surface area contributed by atoms with Crippen LogP contribution in [0.4, 0.5) is 8.78 Å². The van der Waals surface area contributed by atoms with Crippen molar-refractivity contribution in [3.8, 4) is 5.75 Å². The standard InChI is InChI=1S/C27H23F2N3O5/c28-18-9-8-17(20(29)11-18)12-30-26(35)19-13-32-21-14-31(10-4-7-22(21)33)27(36)23(32)25(24(19)34)37-15-16-5-2-1-3-6-16/h1-3,5-6,8-9,11,13,21H,4,7,10,12,14-15H2,(H,30,35)/t21-/m1/s1. The number of ether oxygens (including phenoxy) is 1. The van der Waals surface area contributed by atoms with Gasteiger partial charge in [-0.1, -0.05) is 36.4 Å². The number of aromatic nitrogens is 1. The Bertz CT molecular complexity index is 1450. The molecular weight excluding hydrogens is 484 g/mol. The van der Waals surface area contributed by atoms with Gasteiger partial charge >= 0.3 is 0 Å². The average Bonchev–Trinajstić information content (AvgIpc) is 3.06. The molecule has 3 aromatic rings. The molecule has 1 atom stereocenters. The number of halogens is 2. The topological polar surface area (TPSA) is 97.7 Å². The highest BCUT2D eigenvalue weighted by Crippen LogP contribution is 2.31. The predicted octanol–water partition coefficient (Wildman–Crippen LogP) is 3.00. The van der Waals surface area contributed by atoms with E-state index in [1.807, 2.05) is 6.07 Å². The largest absolute Gasteiger partial charge is 0.483 e. The van der Waals surface area contributed by atoms with Crippen molar-refractivity contribution in [1.82, 2.24) is 14.8 Å². The number of nitrogens with zero attached hydrogens (tertiary/aromatic N) is 2. The van der Waals surface area contributed by atoms with Crippen LogP contribution in [-0.4, -0.2) is 40.2 Å². The molecule has 1 aromatic heterocycles. The fourth-order valence-electron chi connectivity index (χ4n) is 4.61. The minimum Gasteiger partial charge on any atom is -0.483 e. The lowest BCUT2D eigenvalue weighted by molar-refractivity contribution is -0.122. The van der Waals surface area contributed by atoms with Crippen LogP contribution < -0.4 is 15.5 Å². The maximum Gasteiger partial charge on any atom is 0.274 e. The fraction of sp³-hybridized carbons (Fsp3) is 0.259. The van der Waals surface area contributed by atoms with Crippen LogP contribution >= 0.6 is 0 Å². The Labute approximate surface area is 210 Å². The Hall–Kier alpha value is -4.34. The smallest absolute Gasteiger partial charge is 0.274 e. The van der Waals surface area contributed by atoms with Gasteiger partial charge in [-0.3, -0.25) is 19.2 Å². The van der Waals surface area contributed by atoms with Crippen molar-refractivity contribution in [1.29, 1.82) is 0 Å². The number of carbonyl (C=O) groups excluding carboxylic acids is 3. The summed E-state index contributed by atoms with van der Waals surface area (Å²) < 4.78 is 34.5. The molecular formula is C27H23F2N3O5. The number of amides is 2. The molecule has 0 saturated carbocycles. The van der Waals surface area contributed by atoms with E-state index in [2.05, 4.69) is 5.32 Å². The van der Waals surface area contributed by atoms with Gasteiger partial charge in [0.2, 0.25) is 5.43 Å². The van der Waals surface area contributed by atoms with E-state index in [4.69, 9.17) is 4.74 Å². The fourth-order valence-corrected chi connectivity index (χ4v) is 4.61. The van der Waals surface area contributed by atoms with Crippen molar-refractivity contribution >= 4 is 17.6 Å². The summed E-state index contributed by atoms with van der Waals surface area (Å²) in [5, 5.41) is 2.46. The summed E-state index contributed by atoms with van der Waals surface area (Å²) in [4.78, 5) is 54.3. The molecule has 0 unspecified atom stereocenters. The molecule has 37 heavy (non-hydrogen) atoms. The molecule has 2 aliphatic rings. The summed E-state index contributed by atoms with van der Waals surface area (Å²) >= 11 is 0. The van der Waals surface area contributed by atoms with Gasteiger partial charge in [0.1, 0.15) is 29.8 Å². The van der Waals surface area contributed by atoms with E-state index in [0.29, 0.717) is 19.0 Å². The highest BCUT2D eigenvalue weighted by Gasteiger charge is 2.40. The Morgan fingerprint density at radius 1 is 1.08 bits per heavy atom. The van der Waals surface area contributed by atoms with Crippen LogP contribution in [0.2, 0.25) is 0 Å². The van der Waals surface area contributed by atoms with Crippen LogP contribution in [-0.2, 0) is 17.9 Å². The number of hydrogen-bond donors (Lipinski definition) is 1. The Morgan fingerprint density at radius 3 is 2.62 bits per heavy atom. The van der Waals surface area contributed by atoms with Crippen LogP contribution in [0.15, 0.2) is 59.5 Å². The number of fused-ring (bicyclic) bond motifs is 4. The van der Waals surface area contributed by atoms with Crippen LogP contribution in [0, 0.1) is 11.6 Å². The Kier molecular flexibility index (Phi) is 6.56. The zero-order valence-corrected chi connectivity index (χ0v) is 19.7. The number of nitrogens with one attached hydrogen (secondary N) is 1. The number of benzene rings is 2. The zero-order chi connectivity index (χ0) is 26.1. The summed E-state index contributed by atoms with van der Waals surface area (Å²) in [5.41, 5.74) is -0.487. The first-order valence-corrected chi connectivity index (χ1v) is 11.8. The highest BCUT2D eigenvalue weighted by molar-refractivity contribution is 6.01. The van der Waals surface area contributed by atoms with Crippen molar-refractivity contribution in [2.75, 3.05) is 13.1 Å². The lowest BCUT2D eigenvalue weighted by Crippen LogP contribution is -2.46. The summed E-state index contributed by atoms with van der Waals surface area (Å²) in [5.74, 6) is -3.33. The van der Waals surface area contributed by atoms with Gasteiger partial charge in [-0.05, 0) is 18.1 Å². The first kappa shape index (κ1) is 24.4. The third-order valence-corrected chi connectivity index (χ3v) is 6.56. The predicted molar refractivity (Wildman–Crippen MR) is 128 cm³/mol. The molecule has 3 heterocycles. The van der Waals surface area contributed by atoms with Gasteiger partial charge in [-0.25, -0.2) is 8.78 Å². The summed E-state index contributed by atoms with van der Waals surface area (Å²) in [6.07, 6.45) is 1.95. The van der Waals surface area contributed by atoms with Crippen molar-refractivity contribution in [2.24, 2.45) is 0 Å². The lowest BCUT2D eigenvalue weighted by Gasteiger charge is -2.34. The van der Waals surface area contributed by atoms with Crippen molar-refractivity contribution in [3.05, 3.63) is 99.0 Å². The average molecular weight is 507 g/mol. The third kappa shape index (κ3) is 4.74. The molecule has 1 saturated heterocycles. The highest BCUT2D eigenvalue weighted by atomic mass is 19.1. The van der Waals surface area contributed by atoms with Crippen molar-refractivity contribution in [2.45, 2.75) is 32.0 Å². The molecule has 190 valence electrons. The van der Waals surface area contributed by atoms with E-state index in [1.54, 1.807) is 24.3 Å². The van der Waals surface area contributed by atoms with Crippen LogP contribution in [0.3, 0.4) is 0 Å². The molecule has 8 nitrogen and oxygen atoms in total. The van der Waals surface area contributed by atoms with Crippen LogP contribution in [0.1, 0.15) is 50.9 Å². The zero-order valence-electron chi connectivity index (χ0n) is 19.7. The minimum absolute atomic E-state index is 0.0260. The Balaban J connectivity index is 1.55. The number of hydrogen-bond acceptors (Lipinski definition) is 5. The SMILES string of the molecule is O=C(NCc1ccc(F)cc1F)c1cn2c(c(OCc3ccccc3)c1=O)C(=O)N1CCCC(=O)[C@H]2C1. The second-order valence-corrected chi connectivity index (χ2v) is 8.99. The van der Waals surface area contributed by atoms with Gasteiger partial charge in [0.25, 0.3) is 11.8 Å². The van der Waals surface area contributed by atoms with Crippen molar-refractivity contribution in [3.63, 3.8) is 0 Å². The molecule has 2 aromatic carbocycles. The molecule has 0 spiro atoms. The molecule has 2 aliphatic heterocycles. The molecule has 2 bridgehead atoms. The van der Waals surface area contributed by atoms with E-state index < -0.39 is 34.9 Å². The monoisotopic (exact) mass is 507 g/mol. The second kappa shape index (κ2) is 9.96. The van der Waals surface area contributed by atoms with E-state index in [0.717, 1.165) is 11.6 Å². The van der Waals surface area contributed by atoms with Crippen LogP contribution in [0.5, 0.6) is 5.75 Å². The first-order valence-electron chi connectivity index (χ1n) is 11.8. The van der Waals surface area contributed by atoms with E-state index in [1.165, 1.54) is 21.7 Å². The second-order valence-electron chi connectivity index (χ2n) is 8.99. The summed E-state index contributed by atoms with van der Waals surface area (Å²) in [6, 6.07) is 11.2. The number of rotatable bonds is 6. The normalized spacial score (nSPS) is 16.7. The summed E-state index contributed by atoms with van der Waals surface area (Å²) in [7, 11) is 0. The van der Waals surface area contributed by atoms with Gasteiger partial charge in [-0.15, -0.1) is 0 Å². The van der Waals surface area contributed by atoms with Crippen LogP contribution in [0.25, 0.3) is 0 Å². The third-order valence-electron chi connectivity index (χ3n) is 6.56. The molecule has 5 rings (SSSR count). The number of carbonyl (C=O) groups is 3. The quantitative estimate of drug-likeness (QED) is 0.553. The van der Waals surface area contributed by atoms with E-state index in [-0.39, 0.29) is 54.5 Å². The molecule has 10 heteroatoms. The first-order chi connectivity index (χ1) is 17.8. The Morgan fingerprint density at radius 2 is 1.86 bits per heavy atom. The van der Waals surface area contributed by atoms with Gasteiger partial charge in [0.05, 0.1) is 0 Å². The van der Waals surface area contributed by atoms with Gasteiger partial charge in [0.15, 0.2) is 17.2 Å². The van der Waals surface area contributed by atoms with Gasteiger partial charge in [0, 0.05) is 43.9 Å². The molecule has 1 fully saturated rings. The lowest BCUT2D eigenvalue weighted by atomic mass is 10.0. The molecule has 0 aliphatic carbocycles. The minimum atomic E-state index is -0.843.